The molecule has 0 bridgehead atoms. The summed E-state index contributed by atoms with van der Waals surface area (Å²) in [6, 6.07) is 0. The van der Waals surface area contributed by atoms with Crippen LogP contribution in [-0.2, 0) is 0 Å². The summed E-state index contributed by atoms with van der Waals surface area (Å²) in [6.07, 6.45) is 5.45. The molecule has 1 aromatic rings. The first-order chi connectivity index (χ1) is 5.36. The van der Waals surface area contributed by atoms with Gasteiger partial charge in [-0.25, -0.2) is 4.98 Å². The molecule has 0 radical (unpaired) electrons. The van der Waals surface area contributed by atoms with Crippen LogP contribution in [-0.4, -0.2) is 9.97 Å². The Labute approximate surface area is 64.7 Å². The average Bonchev–Trinajstić information content (AvgIpc) is 2.59. The summed E-state index contributed by atoms with van der Waals surface area (Å²) in [5.74, 6) is 1.65. The molecule has 0 saturated heterocycles. The third-order valence-corrected chi connectivity index (χ3v) is 2.82. The molecular formula is C9H10N2. The lowest BCUT2D eigenvalue weighted by atomic mass is 10.1. The zero-order valence-corrected chi connectivity index (χ0v) is 6.46. The average molecular weight is 146 g/mol. The summed E-state index contributed by atoms with van der Waals surface area (Å²) < 4.78 is 0. The van der Waals surface area contributed by atoms with Crippen molar-refractivity contribution in [3.8, 4) is 0 Å². The SMILES string of the molecule is CC1=c2nc[nH]c2=CC2CC12. The monoisotopic (exact) mass is 146 g/mol. The summed E-state index contributed by atoms with van der Waals surface area (Å²) in [4.78, 5) is 7.45. The van der Waals surface area contributed by atoms with Crippen molar-refractivity contribution in [2.45, 2.75) is 13.3 Å². The number of aromatic amines is 1. The Hall–Kier alpha value is -1.05. The number of H-pyrrole nitrogens is 1. The molecule has 2 aliphatic carbocycles. The second-order valence-corrected chi connectivity index (χ2v) is 3.52. The van der Waals surface area contributed by atoms with E-state index in [-0.39, 0.29) is 0 Å². The molecule has 2 heteroatoms. The summed E-state index contributed by atoms with van der Waals surface area (Å²) in [6.45, 7) is 2.21. The van der Waals surface area contributed by atoms with E-state index in [1.54, 1.807) is 6.33 Å². The first-order valence-corrected chi connectivity index (χ1v) is 4.08. The normalized spacial score (nSPS) is 32.3. The van der Waals surface area contributed by atoms with Gasteiger partial charge in [-0.3, -0.25) is 0 Å². The van der Waals surface area contributed by atoms with Gasteiger partial charge >= 0.3 is 0 Å². The molecule has 2 aliphatic rings. The Morgan fingerprint density at radius 1 is 1.64 bits per heavy atom. The van der Waals surface area contributed by atoms with E-state index in [2.05, 4.69) is 23.0 Å². The molecule has 2 nitrogen and oxygen atoms in total. The largest absolute Gasteiger partial charge is 0.345 e. The molecule has 0 aliphatic heterocycles. The van der Waals surface area contributed by atoms with Crippen molar-refractivity contribution in [2.75, 3.05) is 0 Å². The molecule has 1 aromatic heterocycles. The highest BCUT2D eigenvalue weighted by atomic mass is 14.9. The van der Waals surface area contributed by atoms with Crippen molar-refractivity contribution in [2.24, 2.45) is 11.8 Å². The molecule has 1 saturated carbocycles. The summed E-state index contributed by atoms with van der Waals surface area (Å²) in [5, 5.41) is 2.44. The van der Waals surface area contributed by atoms with Gasteiger partial charge in [-0.2, -0.15) is 0 Å². The van der Waals surface area contributed by atoms with Gasteiger partial charge in [-0.05, 0) is 30.8 Å². The second kappa shape index (κ2) is 1.58. The topological polar surface area (TPSA) is 28.7 Å². The van der Waals surface area contributed by atoms with Gasteiger partial charge in [-0.15, -0.1) is 0 Å². The summed E-state index contributed by atoms with van der Waals surface area (Å²) in [7, 11) is 0. The zero-order valence-electron chi connectivity index (χ0n) is 6.46. The fourth-order valence-electron chi connectivity index (χ4n) is 2.03. The zero-order chi connectivity index (χ0) is 7.42. The van der Waals surface area contributed by atoms with Crippen molar-refractivity contribution in [1.29, 1.82) is 0 Å². The lowest BCUT2D eigenvalue weighted by Crippen LogP contribution is -2.29. The van der Waals surface area contributed by atoms with Crippen LogP contribution in [0.1, 0.15) is 13.3 Å². The van der Waals surface area contributed by atoms with Gasteiger partial charge in [0.1, 0.15) is 0 Å². The van der Waals surface area contributed by atoms with Crippen LogP contribution in [0.25, 0.3) is 11.6 Å². The number of imidazole rings is 1. The van der Waals surface area contributed by atoms with Crippen LogP contribution in [0.3, 0.4) is 0 Å². The van der Waals surface area contributed by atoms with E-state index in [1.807, 2.05) is 0 Å². The molecular weight excluding hydrogens is 136 g/mol. The van der Waals surface area contributed by atoms with Crippen LogP contribution in [0.4, 0.5) is 0 Å². The molecule has 0 aromatic carbocycles. The molecule has 11 heavy (non-hydrogen) atoms. The Morgan fingerprint density at radius 3 is 3.45 bits per heavy atom. The van der Waals surface area contributed by atoms with Gasteiger partial charge in [0.2, 0.25) is 0 Å². The molecule has 1 heterocycles. The highest BCUT2D eigenvalue weighted by Crippen LogP contribution is 2.46. The number of fused-ring (bicyclic) bond motifs is 2. The third-order valence-electron chi connectivity index (χ3n) is 2.82. The van der Waals surface area contributed by atoms with E-state index in [0.717, 1.165) is 11.8 Å². The highest BCUT2D eigenvalue weighted by Gasteiger charge is 2.38. The maximum atomic E-state index is 4.29. The van der Waals surface area contributed by atoms with Crippen molar-refractivity contribution in [1.82, 2.24) is 9.97 Å². The second-order valence-electron chi connectivity index (χ2n) is 3.52. The number of nitrogens with one attached hydrogen (secondary N) is 1. The van der Waals surface area contributed by atoms with Gasteiger partial charge < -0.3 is 4.98 Å². The Balaban J connectivity index is 2.50. The van der Waals surface area contributed by atoms with Crippen LogP contribution in [0.2, 0.25) is 0 Å². The van der Waals surface area contributed by atoms with E-state index in [9.17, 15) is 0 Å². The number of aromatic nitrogens is 2. The standard InChI is InChI=1S/C9H10N2/c1-5-7-2-6(7)3-8-9(5)11-4-10-8/h3-4,6-7H,2H2,1H3,(H,10,11). The summed E-state index contributed by atoms with van der Waals surface area (Å²) >= 11 is 0. The maximum absolute atomic E-state index is 4.29. The van der Waals surface area contributed by atoms with Crippen molar-refractivity contribution in [3.05, 3.63) is 17.0 Å². The molecule has 3 rings (SSSR count). The highest BCUT2D eigenvalue weighted by molar-refractivity contribution is 5.56. The van der Waals surface area contributed by atoms with E-state index >= 15 is 0 Å². The predicted octanol–water partition coefficient (Wildman–Crippen LogP) is 0.0105. The molecule has 56 valence electrons. The predicted molar refractivity (Wildman–Crippen MR) is 43.0 cm³/mol. The third kappa shape index (κ3) is 0.595. The molecule has 0 amide bonds. The minimum absolute atomic E-state index is 0.822. The fraction of sp³-hybridized carbons (Fsp3) is 0.444. The minimum atomic E-state index is 0.822. The quantitative estimate of drug-likeness (QED) is 0.549. The molecule has 0 spiro atoms. The lowest BCUT2D eigenvalue weighted by Gasteiger charge is -1.98. The van der Waals surface area contributed by atoms with E-state index in [4.69, 9.17) is 0 Å². The number of hydrogen-bond acceptors (Lipinski definition) is 1. The van der Waals surface area contributed by atoms with Gasteiger partial charge in [-0.1, -0.05) is 6.08 Å². The van der Waals surface area contributed by atoms with Gasteiger partial charge in [0.15, 0.2) is 0 Å². The van der Waals surface area contributed by atoms with E-state index in [0.29, 0.717) is 0 Å². The fourth-order valence-corrected chi connectivity index (χ4v) is 2.03. The Kier molecular flexibility index (Phi) is 0.799. The molecule has 2 atom stereocenters. The number of nitrogens with zero attached hydrogens (tertiary/aromatic N) is 1. The number of hydrogen-bond donors (Lipinski definition) is 1. The van der Waals surface area contributed by atoms with Crippen molar-refractivity contribution in [3.63, 3.8) is 0 Å². The van der Waals surface area contributed by atoms with Crippen LogP contribution in [0.5, 0.6) is 0 Å². The van der Waals surface area contributed by atoms with Crippen LogP contribution in [0, 0.1) is 11.8 Å². The van der Waals surface area contributed by atoms with E-state index in [1.165, 1.54) is 22.7 Å². The smallest absolute Gasteiger partial charge is 0.0931 e. The molecule has 1 N–H and O–H groups in total. The Morgan fingerprint density at radius 2 is 2.55 bits per heavy atom. The lowest BCUT2D eigenvalue weighted by molar-refractivity contribution is 0.994. The summed E-state index contributed by atoms with van der Waals surface area (Å²) in [5.41, 5.74) is 1.48. The van der Waals surface area contributed by atoms with Crippen LogP contribution < -0.4 is 10.7 Å². The van der Waals surface area contributed by atoms with Gasteiger partial charge in [0.25, 0.3) is 0 Å². The molecule has 2 unspecified atom stereocenters. The van der Waals surface area contributed by atoms with Crippen LogP contribution in [0.15, 0.2) is 6.33 Å². The van der Waals surface area contributed by atoms with Gasteiger partial charge in [0, 0.05) is 0 Å². The van der Waals surface area contributed by atoms with Crippen molar-refractivity contribution < 1.29 is 0 Å². The van der Waals surface area contributed by atoms with Gasteiger partial charge in [0.05, 0.1) is 17.0 Å². The first-order valence-electron chi connectivity index (χ1n) is 4.08. The maximum Gasteiger partial charge on any atom is 0.0931 e. The Bertz CT molecular complexity index is 413. The molecule has 1 fully saturated rings. The number of rotatable bonds is 0. The minimum Gasteiger partial charge on any atom is -0.345 e. The van der Waals surface area contributed by atoms with Crippen molar-refractivity contribution >= 4 is 11.6 Å². The first kappa shape index (κ1) is 5.58. The van der Waals surface area contributed by atoms with E-state index < -0.39 is 0 Å². The van der Waals surface area contributed by atoms with Crippen LogP contribution >= 0.6 is 0 Å².